The Kier molecular flexibility index (Phi) is 6.96. The maximum absolute atomic E-state index is 2.49. The SMILES string of the molecule is CS1(C)c2ccc3c(sc4ccccc43)c2-c2cccc(N(c3ccc(-c4ccccc4)cc3)c3ccc(-c4ccc5ccccc5c4)cc3)c21. The summed E-state index contributed by atoms with van der Waals surface area (Å²) in [5.74, 6) is 0. The summed E-state index contributed by atoms with van der Waals surface area (Å²) in [7, 11) is -1.34. The van der Waals surface area contributed by atoms with E-state index in [1.54, 1.807) is 0 Å². The molecule has 0 saturated heterocycles. The normalized spacial score (nSPS) is 13.7. The molecule has 1 nitrogen and oxygen atoms in total. The average Bonchev–Trinajstić information content (AvgIpc) is 3.68. The first-order valence-corrected chi connectivity index (χ1v) is 20.7. The lowest BCUT2D eigenvalue weighted by atomic mass is 10.00. The molecule has 51 heavy (non-hydrogen) atoms. The minimum absolute atomic E-state index is 1.15. The molecule has 0 bridgehead atoms. The fourth-order valence-corrected chi connectivity index (χ4v) is 12.1. The summed E-state index contributed by atoms with van der Waals surface area (Å²) in [5, 5.41) is 5.24. The van der Waals surface area contributed by atoms with E-state index in [0.29, 0.717) is 0 Å². The highest BCUT2D eigenvalue weighted by atomic mass is 32.3. The van der Waals surface area contributed by atoms with Crippen LogP contribution in [-0.2, 0) is 0 Å². The molecule has 2 heterocycles. The van der Waals surface area contributed by atoms with Crippen LogP contribution >= 0.6 is 21.4 Å². The predicted octanol–water partition coefficient (Wildman–Crippen LogP) is 14.5. The van der Waals surface area contributed by atoms with E-state index in [9.17, 15) is 0 Å². The number of thiophene rings is 1. The first-order chi connectivity index (χ1) is 25.0. The molecule has 9 aromatic rings. The molecule has 0 N–H and O–H groups in total. The number of anilines is 3. The number of hydrogen-bond acceptors (Lipinski definition) is 2. The van der Waals surface area contributed by atoms with Crippen molar-refractivity contribution in [1.82, 2.24) is 0 Å². The molecule has 1 aliphatic heterocycles. The van der Waals surface area contributed by atoms with E-state index in [2.05, 4.69) is 193 Å². The van der Waals surface area contributed by atoms with Crippen LogP contribution in [0.25, 0.3) is 64.3 Å². The van der Waals surface area contributed by atoms with E-state index in [1.807, 2.05) is 11.3 Å². The summed E-state index contributed by atoms with van der Waals surface area (Å²) >= 11 is 1.94. The summed E-state index contributed by atoms with van der Waals surface area (Å²) < 4.78 is 2.76. The molecule has 0 radical (unpaired) electrons. The van der Waals surface area contributed by atoms with Gasteiger partial charge >= 0.3 is 0 Å². The number of fused-ring (bicyclic) bond motifs is 8. The van der Waals surface area contributed by atoms with Crippen LogP contribution in [0, 0.1) is 0 Å². The molecule has 1 aromatic heterocycles. The standard InChI is InChI=1S/C48H35NS2/c1-51(2)45-30-29-41-40-15-8-9-18-44(40)50-47(41)46(45)42-16-10-17-43(48(42)51)49(38-25-21-34(22-26-38)32-11-4-3-5-12-32)39-27-23-35(24-28-39)37-20-19-33-13-6-7-14-36(33)31-37/h3-31H,1-2H3. The summed E-state index contributed by atoms with van der Waals surface area (Å²) in [6.07, 6.45) is 4.97. The van der Waals surface area contributed by atoms with E-state index >= 15 is 0 Å². The number of nitrogens with zero attached hydrogens (tertiary/aromatic N) is 1. The van der Waals surface area contributed by atoms with E-state index in [0.717, 1.165) is 11.4 Å². The highest BCUT2D eigenvalue weighted by Crippen LogP contribution is 2.71. The molecule has 3 heteroatoms. The minimum atomic E-state index is -1.34. The lowest BCUT2D eigenvalue weighted by Gasteiger charge is -2.35. The highest BCUT2D eigenvalue weighted by molar-refractivity contribution is 8.33. The van der Waals surface area contributed by atoms with Gasteiger partial charge in [0.05, 0.1) is 5.69 Å². The Morgan fingerprint density at radius 3 is 1.86 bits per heavy atom. The lowest BCUT2D eigenvalue weighted by Crippen LogP contribution is -2.12. The topological polar surface area (TPSA) is 3.24 Å². The van der Waals surface area contributed by atoms with Gasteiger partial charge in [-0.05, 0) is 99.6 Å². The molecule has 0 atom stereocenters. The van der Waals surface area contributed by atoms with E-state index in [-0.39, 0.29) is 0 Å². The largest absolute Gasteiger partial charge is 0.309 e. The molecule has 0 spiro atoms. The van der Waals surface area contributed by atoms with Crippen LogP contribution in [0.2, 0.25) is 0 Å². The van der Waals surface area contributed by atoms with Crippen LogP contribution in [0.5, 0.6) is 0 Å². The molecule has 10 rings (SSSR count). The maximum atomic E-state index is 2.49. The zero-order valence-electron chi connectivity index (χ0n) is 28.5. The first-order valence-electron chi connectivity index (χ1n) is 17.4. The molecule has 0 unspecified atom stereocenters. The molecule has 0 saturated carbocycles. The quantitative estimate of drug-likeness (QED) is 0.174. The van der Waals surface area contributed by atoms with Crippen LogP contribution in [0.3, 0.4) is 0 Å². The zero-order chi connectivity index (χ0) is 34.1. The van der Waals surface area contributed by atoms with Crippen molar-refractivity contribution in [1.29, 1.82) is 0 Å². The van der Waals surface area contributed by atoms with Crippen molar-refractivity contribution in [2.45, 2.75) is 9.79 Å². The van der Waals surface area contributed by atoms with E-state index in [4.69, 9.17) is 0 Å². The zero-order valence-corrected chi connectivity index (χ0v) is 30.1. The van der Waals surface area contributed by atoms with Gasteiger partial charge in [0.25, 0.3) is 0 Å². The molecule has 0 amide bonds. The molecule has 0 fully saturated rings. The molecular formula is C48H35NS2. The molecule has 1 aliphatic rings. The number of benzene rings is 8. The predicted molar refractivity (Wildman–Crippen MR) is 224 cm³/mol. The van der Waals surface area contributed by atoms with Crippen LogP contribution < -0.4 is 4.90 Å². The van der Waals surface area contributed by atoms with Gasteiger partial charge in [-0.2, -0.15) is 10.0 Å². The Bertz CT molecular complexity index is 2760. The maximum Gasteiger partial charge on any atom is 0.0591 e. The summed E-state index contributed by atoms with van der Waals surface area (Å²) in [5.41, 5.74) is 11.2. The van der Waals surface area contributed by atoms with Gasteiger partial charge in [0.2, 0.25) is 0 Å². The summed E-state index contributed by atoms with van der Waals surface area (Å²) in [6, 6.07) is 64.9. The third-order valence-corrected chi connectivity index (χ3v) is 14.6. The van der Waals surface area contributed by atoms with Crippen LogP contribution in [0.4, 0.5) is 17.1 Å². The van der Waals surface area contributed by atoms with Crippen molar-refractivity contribution in [3.05, 3.63) is 176 Å². The molecular weight excluding hydrogens is 655 g/mol. The van der Waals surface area contributed by atoms with Gasteiger partial charge in [-0.3, -0.25) is 0 Å². The first kappa shape index (κ1) is 30.2. The fourth-order valence-electron chi connectivity index (χ4n) is 8.03. The van der Waals surface area contributed by atoms with Gasteiger partial charge in [-0.1, -0.05) is 127 Å². The number of rotatable bonds is 5. The smallest absolute Gasteiger partial charge is 0.0591 e. The Hall–Kier alpha value is -5.61. The van der Waals surface area contributed by atoms with Gasteiger partial charge in [0.1, 0.15) is 0 Å². The van der Waals surface area contributed by atoms with Gasteiger partial charge in [-0.15, -0.1) is 11.3 Å². The highest BCUT2D eigenvalue weighted by Gasteiger charge is 2.37. The summed E-state index contributed by atoms with van der Waals surface area (Å²) in [4.78, 5) is 5.42. The lowest BCUT2D eigenvalue weighted by molar-refractivity contribution is 1.23. The number of hydrogen-bond donors (Lipinski definition) is 0. The fraction of sp³-hybridized carbons (Fsp3) is 0.0417. The Morgan fingerprint density at radius 1 is 0.471 bits per heavy atom. The van der Waals surface area contributed by atoms with Gasteiger partial charge in [0.15, 0.2) is 0 Å². The van der Waals surface area contributed by atoms with Crippen molar-refractivity contribution >= 4 is 69.4 Å². The monoisotopic (exact) mass is 689 g/mol. The molecule has 0 aliphatic carbocycles. The third-order valence-electron chi connectivity index (χ3n) is 10.5. The second-order valence-corrected chi connectivity index (χ2v) is 18.3. The second kappa shape index (κ2) is 11.7. The second-order valence-electron chi connectivity index (χ2n) is 13.8. The van der Waals surface area contributed by atoms with Gasteiger partial charge in [0, 0.05) is 46.9 Å². The molecule has 8 aromatic carbocycles. The molecule has 244 valence electrons. The van der Waals surface area contributed by atoms with Crippen LogP contribution in [0.15, 0.2) is 186 Å². The van der Waals surface area contributed by atoms with Crippen LogP contribution in [-0.4, -0.2) is 12.5 Å². The van der Waals surface area contributed by atoms with Crippen molar-refractivity contribution in [3.8, 4) is 33.4 Å². The van der Waals surface area contributed by atoms with E-state index < -0.39 is 10.0 Å². The Morgan fingerprint density at radius 2 is 1.10 bits per heavy atom. The Labute approximate surface area is 304 Å². The van der Waals surface area contributed by atoms with Crippen molar-refractivity contribution in [3.63, 3.8) is 0 Å². The van der Waals surface area contributed by atoms with Crippen molar-refractivity contribution in [2.75, 3.05) is 17.4 Å². The van der Waals surface area contributed by atoms with Gasteiger partial charge in [-0.25, -0.2) is 0 Å². The van der Waals surface area contributed by atoms with Crippen molar-refractivity contribution in [2.24, 2.45) is 0 Å². The van der Waals surface area contributed by atoms with Crippen molar-refractivity contribution < 1.29 is 0 Å². The van der Waals surface area contributed by atoms with Crippen LogP contribution in [0.1, 0.15) is 0 Å². The van der Waals surface area contributed by atoms with E-state index in [1.165, 1.54) is 79.8 Å². The third kappa shape index (κ3) is 4.84. The average molecular weight is 690 g/mol. The summed E-state index contributed by atoms with van der Waals surface area (Å²) in [6.45, 7) is 0. The van der Waals surface area contributed by atoms with Gasteiger partial charge < -0.3 is 4.90 Å². The minimum Gasteiger partial charge on any atom is -0.309 e. The Balaban J connectivity index is 1.15.